The van der Waals surface area contributed by atoms with Crippen LogP contribution in [0.3, 0.4) is 0 Å². The van der Waals surface area contributed by atoms with Crippen LogP contribution in [0.15, 0.2) is 84.9 Å². The van der Waals surface area contributed by atoms with Crippen molar-refractivity contribution < 1.29 is 14.6 Å². The SMILES string of the molecule is N[C@H](CCOc1ccccc1-c1cc(-c2ccccc2Cl)n(-c2ccccc2)n1)C(=O)O. The first-order valence-corrected chi connectivity index (χ1v) is 10.5. The molecule has 0 aliphatic carbocycles. The number of carbonyl (C=O) groups is 1. The first-order chi connectivity index (χ1) is 15.5. The first kappa shape index (κ1) is 21.6. The number of ether oxygens (including phenoxy) is 1. The van der Waals surface area contributed by atoms with Crippen LogP contribution in [0.2, 0.25) is 5.02 Å². The molecule has 1 heterocycles. The molecule has 7 heteroatoms. The predicted molar refractivity (Wildman–Crippen MR) is 125 cm³/mol. The highest BCUT2D eigenvalue weighted by molar-refractivity contribution is 6.33. The quantitative estimate of drug-likeness (QED) is 0.395. The van der Waals surface area contributed by atoms with Gasteiger partial charge in [-0.2, -0.15) is 5.10 Å². The summed E-state index contributed by atoms with van der Waals surface area (Å²) < 4.78 is 7.73. The fourth-order valence-corrected chi connectivity index (χ4v) is 3.60. The number of aromatic nitrogens is 2. The van der Waals surface area contributed by atoms with E-state index in [9.17, 15) is 4.79 Å². The van der Waals surface area contributed by atoms with E-state index >= 15 is 0 Å². The van der Waals surface area contributed by atoms with Gasteiger partial charge in [-0.25, -0.2) is 4.68 Å². The Balaban J connectivity index is 1.74. The molecule has 6 nitrogen and oxygen atoms in total. The average molecular weight is 448 g/mol. The Morgan fingerprint density at radius 3 is 2.38 bits per heavy atom. The molecular weight excluding hydrogens is 426 g/mol. The topological polar surface area (TPSA) is 90.4 Å². The summed E-state index contributed by atoms with van der Waals surface area (Å²) in [5.41, 5.74) is 9.70. The molecule has 1 atom stereocenters. The van der Waals surface area contributed by atoms with Gasteiger partial charge in [0.15, 0.2) is 0 Å². The van der Waals surface area contributed by atoms with E-state index in [1.807, 2.05) is 89.6 Å². The molecule has 0 amide bonds. The van der Waals surface area contributed by atoms with E-state index in [-0.39, 0.29) is 13.0 Å². The van der Waals surface area contributed by atoms with Gasteiger partial charge < -0.3 is 15.6 Å². The number of nitrogens with zero attached hydrogens (tertiary/aromatic N) is 2. The summed E-state index contributed by atoms with van der Waals surface area (Å²) in [6, 6.07) is 26.0. The summed E-state index contributed by atoms with van der Waals surface area (Å²) in [4.78, 5) is 11.0. The molecule has 0 saturated carbocycles. The Bertz CT molecular complexity index is 1220. The second-order valence-corrected chi connectivity index (χ2v) is 7.63. The van der Waals surface area contributed by atoms with Crippen molar-refractivity contribution in [2.45, 2.75) is 12.5 Å². The molecule has 162 valence electrons. The number of benzene rings is 3. The lowest BCUT2D eigenvalue weighted by Gasteiger charge is -2.11. The minimum atomic E-state index is -1.05. The summed E-state index contributed by atoms with van der Waals surface area (Å²) in [5, 5.41) is 14.5. The molecule has 0 aliphatic rings. The normalized spacial score (nSPS) is 11.8. The highest BCUT2D eigenvalue weighted by Crippen LogP contribution is 2.35. The molecular formula is C25H22ClN3O3. The summed E-state index contributed by atoms with van der Waals surface area (Å²) in [6.45, 7) is 0.182. The molecule has 0 radical (unpaired) electrons. The average Bonchev–Trinajstić information content (AvgIpc) is 3.25. The Kier molecular flexibility index (Phi) is 6.54. The van der Waals surface area contributed by atoms with Crippen LogP contribution < -0.4 is 10.5 Å². The lowest BCUT2D eigenvalue weighted by molar-refractivity contribution is -0.138. The van der Waals surface area contributed by atoms with Crippen LogP contribution in [-0.2, 0) is 4.79 Å². The number of para-hydroxylation sites is 2. The number of halogens is 1. The molecule has 0 fully saturated rings. The number of hydrogen-bond donors (Lipinski definition) is 2. The van der Waals surface area contributed by atoms with Crippen LogP contribution in [0.4, 0.5) is 0 Å². The molecule has 0 unspecified atom stereocenters. The van der Waals surface area contributed by atoms with Crippen LogP contribution in [0.25, 0.3) is 28.2 Å². The van der Waals surface area contributed by atoms with Crippen LogP contribution in [0, 0.1) is 0 Å². The zero-order valence-electron chi connectivity index (χ0n) is 17.2. The second-order valence-electron chi connectivity index (χ2n) is 7.22. The van der Waals surface area contributed by atoms with Gasteiger partial charge in [0.25, 0.3) is 0 Å². The number of carboxylic acids is 1. The van der Waals surface area contributed by atoms with Crippen molar-refractivity contribution in [1.29, 1.82) is 0 Å². The number of rotatable bonds is 8. The van der Waals surface area contributed by atoms with Gasteiger partial charge in [0.2, 0.25) is 0 Å². The molecule has 0 bridgehead atoms. The molecule has 4 aromatic rings. The smallest absolute Gasteiger partial charge is 0.320 e. The maximum Gasteiger partial charge on any atom is 0.320 e. The van der Waals surface area contributed by atoms with Crippen molar-refractivity contribution in [1.82, 2.24) is 9.78 Å². The van der Waals surface area contributed by atoms with Gasteiger partial charge in [-0.05, 0) is 36.4 Å². The van der Waals surface area contributed by atoms with E-state index in [1.54, 1.807) is 0 Å². The Labute approximate surface area is 190 Å². The fraction of sp³-hybridized carbons (Fsp3) is 0.120. The number of nitrogens with two attached hydrogens (primary N) is 1. The first-order valence-electron chi connectivity index (χ1n) is 10.2. The van der Waals surface area contributed by atoms with Gasteiger partial charge in [0.1, 0.15) is 11.8 Å². The second kappa shape index (κ2) is 9.68. The third kappa shape index (κ3) is 4.66. The van der Waals surface area contributed by atoms with Gasteiger partial charge in [0, 0.05) is 22.6 Å². The van der Waals surface area contributed by atoms with Gasteiger partial charge >= 0.3 is 5.97 Å². The van der Waals surface area contributed by atoms with Gasteiger partial charge in [-0.1, -0.05) is 60.1 Å². The lowest BCUT2D eigenvalue weighted by Crippen LogP contribution is -2.31. The van der Waals surface area contributed by atoms with Crippen LogP contribution in [0.5, 0.6) is 5.75 Å². The van der Waals surface area contributed by atoms with Crippen molar-refractivity contribution >= 4 is 17.6 Å². The zero-order chi connectivity index (χ0) is 22.5. The van der Waals surface area contributed by atoms with Crippen LogP contribution >= 0.6 is 11.6 Å². The van der Waals surface area contributed by atoms with E-state index in [1.165, 1.54) is 0 Å². The van der Waals surface area contributed by atoms with E-state index in [0.717, 1.165) is 22.5 Å². The largest absolute Gasteiger partial charge is 0.493 e. The van der Waals surface area contributed by atoms with Crippen molar-refractivity contribution in [2.24, 2.45) is 5.73 Å². The number of aliphatic carboxylic acids is 1. The minimum Gasteiger partial charge on any atom is -0.493 e. The summed E-state index contributed by atoms with van der Waals surface area (Å²) in [5.74, 6) is -0.443. The fourth-order valence-electron chi connectivity index (χ4n) is 3.36. The standard InChI is InChI=1S/C25H22ClN3O3/c26-20-12-6-4-10-18(20)23-16-22(28-29(23)17-8-2-1-3-9-17)19-11-5-7-13-24(19)32-15-14-21(27)25(30)31/h1-13,16,21H,14-15,27H2,(H,30,31)/t21-/m1/s1. The molecule has 3 N–H and O–H groups in total. The van der Waals surface area contributed by atoms with E-state index < -0.39 is 12.0 Å². The van der Waals surface area contributed by atoms with E-state index in [2.05, 4.69) is 0 Å². The van der Waals surface area contributed by atoms with E-state index in [0.29, 0.717) is 16.5 Å². The highest BCUT2D eigenvalue weighted by atomic mass is 35.5. The lowest BCUT2D eigenvalue weighted by atomic mass is 10.1. The molecule has 32 heavy (non-hydrogen) atoms. The van der Waals surface area contributed by atoms with Gasteiger partial charge in [-0.3, -0.25) is 4.79 Å². The van der Waals surface area contributed by atoms with Crippen molar-refractivity contribution in [3.05, 3.63) is 90.0 Å². The Morgan fingerprint density at radius 2 is 1.66 bits per heavy atom. The molecule has 3 aromatic carbocycles. The molecule has 1 aromatic heterocycles. The predicted octanol–water partition coefficient (Wildman–Crippen LogP) is 5.04. The van der Waals surface area contributed by atoms with Crippen molar-refractivity contribution in [2.75, 3.05) is 6.61 Å². The molecule has 0 saturated heterocycles. The summed E-state index contributed by atoms with van der Waals surface area (Å²) in [6.07, 6.45) is 0.201. The van der Waals surface area contributed by atoms with E-state index in [4.69, 9.17) is 32.3 Å². The monoisotopic (exact) mass is 447 g/mol. The summed E-state index contributed by atoms with van der Waals surface area (Å²) >= 11 is 6.50. The Morgan fingerprint density at radius 1 is 1.00 bits per heavy atom. The van der Waals surface area contributed by atoms with Crippen LogP contribution in [0.1, 0.15) is 6.42 Å². The molecule has 4 rings (SSSR count). The van der Waals surface area contributed by atoms with Crippen molar-refractivity contribution in [3.8, 4) is 34.0 Å². The Hall–Kier alpha value is -3.61. The van der Waals surface area contributed by atoms with Crippen molar-refractivity contribution in [3.63, 3.8) is 0 Å². The maximum absolute atomic E-state index is 11.0. The highest BCUT2D eigenvalue weighted by Gasteiger charge is 2.18. The third-order valence-electron chi connectivity index (χ3n) is 5.03. The number of carboxylic acid groups (broad SMARTS) is 1. The van der Waals surface area contributed by atoms with Gasteiger partial charge in [-0.15, -0.1) is 0 Å². The molecule has 0 aliphatic heterocycles. The number of hydrogen-bond acceptors (Lipinski definition) is 4. The third-order valence-corrected chi connectivity index (χ3v) is 5.36. The molecule has 0 spiro atoms. The van der Waals surface area contributed by atoms with Crippen LogP contribution in [-0.4, -0.2) is 33.5 Å². The zero-order valence-corrected chi connectivity index (χ0v) is 17.9. The van der Waals surface area contributed by atoms with Gasteiger partial charge in [0.05, 0.1) is 23.7 Å². The summed E-state index contributed by atoms with van der Waals surface area (Å²) in [7, 11) is 0. The maximum atomic E-state index is 11.0. The minimum absolute atomic E-state index is 0.182.